The molecule has 1 saturated heterocycles. The van der Waals surface area contributed by atoms with E-state index >= 15 is 0 Å². The van der Waals surface area contributed by atoms with Crippen LogP contribution in [0, 0.1) is 0 Å². The zero-order valence-corrected chi connectivity index (χ0v) is 45.6. The highest BCUT2D eigenvalue weighted by molar-refractivity contribution is 8.77. The van der Waals surface area contributed by atoms with Crippen molar-refractivity contribution in [1.29, 1.82) is 0 Å². The molecule has 4 aromatic rings. The highest BCUT2D eigenvalue weighted by atomic mass is 33.1. The molecule has 6 atom stereocenters. The highest BCUT2D eigenvalue weighted by Gasteiger charge is 2.44. The van der Waals surface area contributed by atoms with Crippen molar-refractivity contribution in [1.82, 2.24) is 19.4 Å². The van der Waals surface area contributed by atoms with Crippen LogP contribution in [-0.2, 0) is 62.0 Å². The minimum absolute atomic E-state index is 0.00424. The van der Waals surface area contributed by atoms with Crippen LogP contribution in [0.4, 0.5) is 11.5 Å². The maximum absolute atomic E-state index is 14.0. The zero-order valence-electron chi connectivity index (χ0n) is 41.3. The number of aromatic carboxylic acids is 1. The van der Waals surface area contributed by atoms with Crippen LogP contribution in [0.5, 0.6) is 11.5 Å². The van der Waals surface area contributed by atoms with Crippen molar-refractivity contribution in [3.8, 4) is 11.5 Å². The van der Waals surface area contributed by atoms with E-state index in [1.54, 1.807) is 12.1 Å². The normalized spacial score (nSPS) is 22.1. The number of nitrogens with one attached hydrogen (secondary N) is 1. The van der Waals surface area contributed by atoms with E-state index in [1.165, 1.54) is 73.2 Å². The molecule has 6 aliphatic heterocycles. The Morgan fingerprint density at radius 2 is 1.67 bits per heavy atom. The van der Waals surface area contributed by atoms with Gasteiger partial charge in [0, 0.05) is 95.2 Å². The van der Waals surface area contributed by atoms with Gasteiger partial charge in [-0.15, -0.1) is 0 Å². The summed E-state index contributed by atoms with van der Waals surface area (Å²) >= 11 is 0. The molecule has 3 aromatic carbocycles. The van der Waals surface area contributed by atoms with Crippen LogP contribution in [0.3, 0.4) is 0 Å². The van der Waals surface area contributed by atoms with Crippen LogP contribution in [0.15, 0.2) is 47.4 Å². The third-order valence-electron chi connectivity index (χ3n) is 14.0. The number of fused-ring (bicyclic) bond motifs is 4. The first-order valence-electron chi connectivity index (χ1n) is 24.6. The fourth-order valence-corrected chi connectivity index (χ4v) is 16.6. The lowest BCUT2D eigenvalue weighted by Gasteiger charge is -2.39. The summed E-state index contributed by atoms with van der Waals surface area (Å²) in [5.41, 5.74) is 13.4. The van der Waals surface area contributed by atoms with E-state index in [-0.39, 0.29) is 35.8 Å². The SMILES string of the molecule is CC(C)(CNC(=O)c1ccc(C2=c3cc4c5c(c3Oc3c2cc2c6c3CCCN6CCC2)CCC[N+]=5CCC4)c(C(=O)O)c1)SSCO[C@@H]1C[C@H](n2ccc(N)nc2=O)O[C@@H]1COP(=O)(O)OP(=O)(O)OP(C)(=O)O. The quantitative estimate of drug-likeness (QED) is 0.0215. The minimum atomic E-state index is -5.55. The lowest BCUT2D eigenvalue weighted by atomic mass is 9.81. The molecular formula is C48H58N6O16P3S2+. The Kier molecular flexibility index (Phi) is 15.2. The average Bonchev–Trinajstić information content (AvgIpc) is 3.77. The van der Waals surface area contributed by atoms with E-state index in [4.69, 9.17) is 24.5 Å². The second-order valence-electron chi connectivity index (χ2n) is 20.0. The van der Waals surface area contributed by atoms with Crippen molar-refractivity contribution in [2.24, 2.45) is 0 Å². The number of benzene rings is 3. The smallest absolute Gasteiger partial charge is 0.478 e. The molecular weight excluding hydrogens is 1070 g/mol. The van der Waals surface area contributed by atoms with Crippen LogP contribution < -0.4 is 41.5 Å². The van der Waals surface area contributed by atoms with Crippen LogP contribution in [0.25, 0.3) is 5.57 Å². The predicted octanol–water partition coefficient (Wildman–Crippen LogP) is 5.25. The molecule has 27 heteroatoms. The van der Waals surface area contributed by atoms with Crippen molar-refractivity contribution >= 4 is 73.8 Å². The van der Waals surface area contributed by atoms with Crippen molar-refractivity contribution < 1.29 is 70.4 Å². The topological polar surface area (TPSA) is 301 Å². The van der Waals surface area contributed by atoms with Crippen molar-refractivity contribution in [3.05, 3.63) is 108 Å². The number of nitrogen functional groups attached to an aromatic ring is 1. The first-order chi connectivity index (χ1) is 35.5. The van der Waals surface area contributed by atoms with Crippen LogP contribution in [-0.4, -0.2) is 110 Å². The first kappa shape index (κ1) is 54.0. The zero-order chi connectivity index (χ0) is 53.2. The lowest BCUT2D eigenvalue weighted by molar-refractivity contribution is -0.0542. The highest BCUT2D eigenvalue weighted by Crippen LogP contribution is 2.66. The van der Waals surface area contributed by atoms with Gasteiger partial charge in [0.2, 0.25) is 5.36 Å². The molecule has 1 amide bonds. The second kappa shape index (κ2) is 21.1. The van der Waals surface area contributed by atoms with Gasteiger partial charge in [-0.3, -0.25) is 18.5 Å². The van der Waals surface area contributed by atoms with Gasteiger partial charge in [-0.2, -0.15) is 9.29 Å². The summed E-state index contributed by atoms with van der Waals surface area (Å²) in [4.78, 5) is 75.5. The number of aromatic nitrogens is 2. The number of carboxylic acid groups (broad SMARTS) is 1. The average molecular weight is 1130 g/mol. The van der Waals surface area contributed by atoms with Crippen molar-refractivity contribution in [2.45, 2.75) is 94.8 Å². The van der Waals surface area contributed by atoms with E-state index in [2.05, 4.69) is 40.5 Å². The third kappa shape index (κ3) is 11.6. The molecule has 0 radical (unpaired) electrons. The number of amides is 1. The maximum atomic E-state index is 14.0. The molecule has 7 heterocycles. The number of carbonyl (C=O) groups excluding carboxylic acids is 1. The van der Waals surface area contributed by atoms with Gasteiger partial charge in [0.25, 0.3) is 5.91 Å². The van der Waals surface area contributed by atoms with Gasteiger partial charge in [-0.05, 0) is 93.8 Å². The molecule has 1 fully saturated rings. The summed E-state index contributed by atoms with van der Waals surface area (Å²) in [5, 5.41) is 16.1. The van der Waals surface area contributed by atoms with Crippen LogP contribution in [0.2, 0.25) is 0 Å². The number of carboxylic acids is 1. The number of hydrogen-bond acceptors (Lipinski definition) is 17. The van der Waals surface area contributed by atoms with Gasteiger partial charge in [-0.1, -0.05) is 27.7 Å². The molecule has 402 valence electrons. The van der Waals surface area contributed by atoms with E-state index in [9.17, 15) is 47.9 Å². The van der Waals surface area contributed by atoms with Crippen molar-refractivity contribution in [2.75, 3.05) is 62.6 Å². The number of nitrogens with zero attached hydrogens (tertiary/aromatic N) is 4. The van der Waals surface area contributed by atoms with E-state index in [1.807, 2.05) is 13.8 Å². The number of phosphoric acid groups is 2. The van der Waals surface area contributed by atoms with Crippen molar-refractivity contribution in [3.63, 3.8) is 0 Å². The number of carbonyl (C=O) groups is 2. The number of hydrogen-bond donors (Lipinski definition) is 6. The van der Waals surface area contributed by atoms with E-state index in [0.717, 1.165) is 110 Å². The molecule has 7 N–H and O–H groups in total. The monoisotopic (exact) mass is 1130 g/mol. The molecule has 0 aliphatic carbocycles. The Morgan fingerprint density at radius 3 is 2.41 bits per heavy atom. The molecule has 0 bridgehead atoms. The molecule has 6 aliphatic rings. The molecule has 1 aromatic heterocycles. The fraction of sp³-hybridized carbons (Fsp3) is 0.479. The molecule has 22 nitrogen and oxygen atoms in total. The number of nitrogens with two attached hydrogens (primary N) is 1. The van der Waals surface area contributed by atoms with Gasteiger partial charge in [-0.25, -0.2) is 27.6 Å². The number of rotatable bonds is 18. The standard InChI is InChI=1S/C48H57N6O16P3S2/c1-48(2,75-74-26-65-36-23-39(54-19-14-38(49)51-47(54)58)67-37(36)24-66-72(61,62)70-73(63,64)69-71(3,59)60)25-50-45(55)29-12-13-30(33(22-29)46(56)57)40-34-20-27-8-4-15-52-17-6-10-31(41(27)52)43(34)68-44-32-11-7-18-53-16-5-9-28(42(32)53)21-35(40)44/h12-14,19-22,36-37,39H,4-11,15-18,23-26H2,1-3H3,(H6-,49,50,51,55,56,57,58,59,60,61,62,63,64)/p+1/t36-,37-,39-/m1/s1. The van der Waals surface area contributed by atoms with Gasteiger partial charge in [0.1, 0.15) is 48.7 Å². The summed E-state index contributed by atoms with van der Waals surface area (Å²) in [6, 6.07) is 10.7. The molecule has 75 heavy (non-hydrogen) atoms. The molecule has 10 rings (SSSR count). The summed E-state index contributed by atoms with van der Waals surface area (Å²) in [6.07, 6.45) is 5.91. The van der Waals surface area contributed by atoms with Crippen LogP contribution in [0.1, 0.15) is 106 Å². The summed E-state index contributed by atoms with van der Waals surface area (Å²) in [7, 11) is -13.0. The third-order valence-corrected chi connectivity index (χ3v) is 21.1. The van der Waals surface area contributed by atoms with E-state index < -0.39 is 70.6 Å². The van der Waals surface area contributed by atoms with Gasteiger partial charge in [0.15, 0.2) is 0 Å². The predicted molar refractivity (Wildman–Crippen MR) is 280 cm³/mol. The Morgan fingerprint density at radius 1 is 0.933 bits per heavy atom. The first-order valence-corrected chi connectivity index (χ1v) is 31.9. The number of aryl methyl sites for hydroxylation is 2. The molecule has 3 unspecified atom stereocenters. The Labute approximate surface area is 438 Å². The Bertz CT molecular complexity index is 3350. The largest absolute Gasteiger partial charge is 0.488 e. The Balaban J connectivity index is 0.849. The van der Waals surface area contributed by atoms with E-state index in [0.29, 0.717) is 12.2 Å². The second-order valence-corrected chi connectivity index (χ2v) is 28.0. The van der Waals surface area contributed by atoms with Gasteiger partial charge >= 0.3 is 34.9 Å². The maximum Gasteiger partial charge on any atom is 0.488 e. The summed E-state index contributed by atoms with van der Waals surface area (Å²) in [5.74, 6) is -0.0598. The Hall–Kier alpha value is -4.38. The fourth-order valence-electron chi connectivity index (χ4n) is 11.0. The van der Waals surface area contributed by atoms with Gasteiger partial charge < -0.3 is 49.9 Å². The molecule has 0 spiro atoms. The number of phosphoric ester groups is 1. The minimum Gasteiger partial charge on any atom is -0.478 e. The lowest BCUT2D eigenvalue weighted by Crippen LogP contribution is -2.45. The van der Waals surface area contributed by atoms with Gasteiger partial charge in [0.05, 0.1) is 23.8 Å². The molecule has 0 saturated carbocycles. The summed E-state index contributed by atoms with van der Waals surface area (Å²) < 4.78 is 71.5. The summed E-state index contributed by atoms with van der Waals surface area (Å²) in [6.45, 7) is 7.73. The van der Waals surface area contributed by atoms with Crippen LogP contribution >= 0.6 is 44.8 Å². The number of anilines is 2. The number of ether oxygens (including phenoxy) is 3.